The molecular formula is C14H18N2O5. The van der Waals surface area contributed by atoms with Gasteiger partial charge in [0.25, 0.3) is 0 Å². The monoisotopic (exact) mass is 294 g/mol. The summed E-state index contributed by atoms with van der Waals surface area (Å²) in [5, 5.41) is 11.3. The molecule has 7 heteroatoms. The first-order valence-electron chi connectivity index (χ1n) is 6.62. The Labute approximate surface area is 122 Å². The molecule has 1 amide bonds. The van der Waals surface area contributed by atoms with E-state index in [1.807, 2.05) is 25.1 Å². The van der Waals surface area contributed by atoms with Gasteiger partial charge in [0.15, 0.2) is 11.5 Å². The number of fused-ring (bicyclic) bond motifs is 1. The van der Waals surface area contributed by atoms with Gasteiger partial charge in [0.1, 0.15) is 0 Å². The number of benzene rings is 1. The third-order valence-corrected chi connectivity index (χ3v) is 3.10. The van der Waals surface area contributed by atoms with Crippen LogP contribution < -0.4 is 20.5 Å². The van der Waals surface area contributed by atoms with Gasteiger partial charge in [-0.15, -0.1) is 0 Å². The van der Waals surface area contributed by atoms with Crippen LogP contribution in [0, 0.1) is 0 Å². The topological polar surface area (TPSA) is 111 Å². The van der Waals surface area contributed by atoms with Crippen molar-refractivity contribution in [3.05, 3.63) is 23.8 Å². The molecule has 0 fully saturated rings. The molecule has 0 radical (unpaired) electrons. The van der Waals surface area contributed by atoms with Crippen molar-refractivity contribution >= 4 is 11.9 Å². The van der Waals surface area contributed by atoms with Gasteiger partial charge in [0.2, 0.25) is 12.7 Å². The minimum Gasteiger partial charge on any atom is -0.481 e. The van der Waals surface area contributed by atoms with Gasteiger partial charge in [0.05, 0.1) is 12.5 Å². The van der Waals surface area contributed by atoms with Gasteiger partial charge in [0, 0.05) is 6.04 Å². The Morgan fingerprint density at radius 1 is 1.38 bits per heavy atom. The van der Waals surface area contributed by atoms with E-state index >= 15 is 0 Å². The summed E-state index contributed by atoms with van der Waals surface area (Å²) in [6.45, 7) is 2.05. The fourth-order valence-electron chi connectivity index (χ4n) is 2.10. The third kappa shape index (κ3) is 4.09. The minimum atomic E-state index is -1.10. The number of carboxylic acid groups (broad SMARTS) is 1. The van der Waals surface area contributed by atoms with E-state index in [1.165, 1.54) is 0 Å². The van der Waals surface area contributed by atoms with Gasteiger partial charge in [-0.25, -0.2) is 0 Å². The van der Waals surface area contributed by atoms with Crippen molar-refractivity contribution < 1.29 is 24.2 Å². The number of carboxylic acids is 1. The van der Waals surface area contributed by atoms with E-state index in [0.29, 0.717) is 17.9 Å². The standard InChI is InChI=1S/C14H18N2O5/c1-8(16-14(19)10(15)6-13(17)18)4-9-2-3-11-12(5-9)21-7-20-11/h2-3,5,8,10H,4,6-7,15H2,1H3,(H,16,19)(H,17,18)/t8-,10+/m1/s1. The lowest BCUT2D eigenvalue weighted by molar-refractivity contribution is -0.139. The SMILES string of the molecule is C[C@H](Cc1ccc2c(c1)OCO2)NC(=O)[C@@H](N)CC(=O)O. The Balaban J connectivity index is 1.88. The zero-order valence-corrected chi connectivity index (χ0v) is 11.7. The second-order valence-electron chi connectivity index (χ2n) is 5.01. The minimum absolute atomic E-state index is 0.169. The Morgan fingerprint density at radius 2 is 2.10 bits per heavy atom. The van der Waals surface area contributed by atoms with Crippen molar-refractivity contribution in [3.8, 4) is 11.5 Å². The summed E-state index contributed by atoms with van der Waals surface area (Å²) in [4.78, 5) is 22.2. The van der Waals surface area contributed by atoms with E-state index in [2.05, 4.69) is 5.32 Å². The molecule has 7 nitrogen and oxygen atoms in total. The molecule has 1 aliphatic heterocycles. The molecule has 1 aromatic rings. The lowest BCUT2D eigenvalue weighted by atomic mass is 10.1. The molecule has 0 aromatic heterocycles. The molecule has 114 valence electrons. The zero-order chi connectivity index (χ0) is 15.4. The van der Waals surface area contributed by atoms with E-state index < -0.39 is 17.9 Å². The summed E-state index contributed by atoms with van der Waals surface area (Å²) in [6.07, 6.45) is 0.199. The zero-order valence-electron chi connectivity index (χ0n) is 11.7. The summed E-state index contributed by atoms with van der Waals surface area (Å²) in [5.41, 5.74) is 6.49. The Hall–Kier alpha value is -2.28. The van der Waals surface area contributed by atoms with Crippen molar-refractivity contribution in [2.45, 2.75) is 31.8 Å². The number of hydrogen-bond acceptors (Lipinski definition) is 5. The van der Waals surface area contributed by atoms with Crippen molar-refractivity contribution in [2.24, 2.45) is 5.73 Å². The highest BCUT2D eigenvalue weighted by molar-refractivity contribution is 5.86. The second-order valence-corrected chi connectivity index (χ2v) is 5.01. The average molecular weight is 294 g/mol. The van der Waals surface area contributed by atoms with Crippen LogP contribution in [0.25, 0.3) is 0 Å². The highest BCUT2D eigenvalue weighted by Crippen LogP contribution is 2.32. The number of rotatable bonds is 6. The maximum Gasteiger partial charge on any atom is 0.305 e. The molecule has 0 spiro atoms. The van der Waals surface area contributed by atoms with E-state index in [9.17, 15) is 9.59 Å². The molecule has 2 atom stereocenters. The van der Waals surface area contributed by atoms with Crippen LogP contribution in [-0.2, 0) is 16.0 Å². The van der Waals surface area contributed by atoms with Gasteiger partial charge in [-0.05, 0) is 31.0 Å². The Kier molecular flexibility index (Phi) is 4.64. The van der Waals surface area contributed by atoms with Crippen molar-refractivity contribution in [3.63, 3.8) is 0 Å². The molecule has 0 unspecified atom stereocenters. The number of nitrogens with one attached hydrogen (secondary N) is 1. The average Bonchev–Trinajstić information content (AvgIpc) is 2.84. The van der Waals surface area contributed by atoms with Gasteiger partial charge in [-0.1, -0.05) is 6.07 Å². The van der Waals surface area contributed by atoms with Gasteiger partial charge >= 0.3 is 5.97 Å². The first-order chi connectivity index (χ1) is 9.95. The maximum atomic E-state index is 11.7. The molecule has 21 heavy (non-hydrogen) atoms. The fourth-order valence-corrected chi connectivity index (χ4v) is 2.10. The van der Waals surface area contributed by atoms with E-state index in [1.54, 1.807) is 0 Å². The molecule has 0 bridgehead atoms. The molecule has 0 aliphatic carbocycles. The highest BCUT2D eigenvalue weighted by atomic mass is 16.7. The summed E-state index contributed by atoms with van der Waals surface area (Å²) in [6, 6.07) is 4.37. The van der Waals surface area contributed by atoms with Gasteiger partial charge in [-0.3, -0.25) is 9.59 Å². The van der Waals surface area contributed by atoms with Crippen molar-refractivity contribution in [1.82, 2.24) is 5.32 Å². The molecule has 2 rings (SSSR count). The van der Waals surface area contributed by atoms with E-state index in [-0.39, 0.29) is 19.3 Å². The number of aliphatic carboxylic acids is 1. The van der Waals surface area contributed by atoms with E-state index in [4.69, 9.17) is 20.3 Å². The lowest BCUT2D eigenvalue weighted by Gasteiger charge is -2.17. The quantitative estimate of drug-likeness (QED) is 0.694. The summed E-state index contributed by atoms with van der Waals surface area (Å²) >= 11 is 0. The first kappa shape index (κ1) is 15.1. The third-order valence-electron chi connectivity index (χ3n) is 3.10. The smallest absolute Gasteiger partial charge is 0.305 e. The molecule has 1 aromatic carbocycles. The van der Waals surface area contributed by atoms with Crippen LogP contribution in [-0.4, -0.2) is 35.9 Å². The number of amides is 1. The number of ether oxygens (including phenoxy) is 2. The van der Waals surface area contributed by atoms with Gasteiger partial charge < -0.3 is 25.6 Å². The molecule has 0 saturated carbocycles. The van der Waals surface area contributed by atoms with Crippen LogP contribution in [0.5, 0.6) is 11.5 Å². The number of nitrogens with two attached hydrogens (primary N) is 1. The first-order valence-corrected chi connectivity index (χ1v) is 6.62. The predicted molar refractivity (Wildman–Crippen MR) is 74.1 cm³/mol. The van der Waals surface area contributed by atoms with Crippen LogP contribution in [0.15, 0.2) is 18.2 Å². The molecular weight excluding hydrogens is 276 g/mol. The number of carbonyl (C=O) groups is 2. The Morgan fingerprint density at radius 3 is 2.81 bits per heavy atom. The molecule has 1 aliphatic rings. The van der Waals surface area contributed by atoms with Crippen LogP contribution in [0.1, 0.15) is 18.9 Å². The largest absolute Gasteiger partial charge is 0.481 e. The summed E-state index contributed by atoms with van der Waals surface area (Å²) < 4.78 is 10.5. The number of carbonyl (C=O) groups excluding carboxylic acids is 1. The van der Waals surface area contributed by atoms with Crippen molar-refractivity contribution in [2.75, 3.05) is 6.79 Å². The normalized spacial score (nSPS) is 15.3. The van der Waals surface area contributed by atoms with Crippen LogP contribution in [0.3, 0.4) is 0 Å². The Bertz CT molecular complexity index is 546. The summed E-state index contributed by atoms with van der Waals surface area (Å²) in [5.74, 6) is -0.167. The fraction of sp³-hybridized carbons (Fsp3) is 0.429. The lowest BCUT2D eigenvalue weighted by Crippen LogP contribution is -2.46. The molecule has 4 N–H and O–H groups in total. The molecule has 0 saturated heterocycles. The van der Waals surface area contributed by atoms with Crippen LogP contribution in [0.4, 0.5) is 0 Å². The summed E-state index contributed by atoms with van der Waals surface area (Å²) in [7, 11) is 0. The van der Waals surface area contributed by atoms with E-state index in [0.717, 1.165) is 5.56 Å². The molecule has 1 heterocycles. The van der Waals surface area contributed by atoms with Crippen LogP contribution in [0.2, 0.25) is 0 Å². The second kappa shape index (κ2) is 6.45. The van der Waals surface area contributed by atoms with Gasteiger partial charge in [-0.2, -0.15) is 0 Å². The number of hydrogen-bond donors (Lipinski definition) is 3. The van der Waals surface area contributed by atoms with Crippen molar-refractivity contribution in [1.29, 1.82) is 0 Å². The highest BCUT2D eigenvalue weighted by Gasteiger charge is 2.19. The predicted octanol–water partition coefficient (Wildman–Crippen LogP) is 0.265. The maximum absolute atomic E-state index is 11.7. The van der Waals surface area contributed by atoms with Crippen LogP contribution >= 0.6 is 0 Å².